The zero-order valence-electron chi connectivity index (χ0n) is 20.2. The molecule has 0 atom stereocenters. The monoisotopic (exact) mass is 472 g/mol. The number of aromatic amines is 1. The Hall–Kier alpha value is -4.18. The fraction of sp³-hybridized carbons (Fsp3) is 0. The van der Waals surface area contributed by atoms with E-state index in [1.165, 1.54) is 5.39 Å². The van der Waals surface area contributed by atoms with Gasteiger partial charge in [0.05, 0.1) is 16.6 Å². The average Bonchev–Trinajstić information content (AvgIpc) is 3.57. The van der Waals surface area contributed by atoms with Gasteiger partial charge in [0.15, 0.2) is 0 Å². The maximum absolute atomic E-state index is 6.50. The van der Waals surface area contributed by atoms with Crippen LogP contribution in [0, 0.1) is 0 Å². The SMILES string of the molecule is [B]c1c([B])c([B])c(-n2c3ccccc3c3cc4c(cc32)oc2cc3[nH]c5ccccc5c3cc24)c([B])c1[B]. The first-order valence-corrected chi connectivity index (χ1v) is 12.2. The van der Waals surface area contributed by atoms with Crippen molar-refractivity contribution in [3.05, 3.63) is 72.8 Å². The van der Waals surface area contributed by atoms with Gasteiger partial charge in [-0.15, -0.1) is 16.4 Å². The minimum Gasteiger partial charge on any atom is -0.456 e. The fourth-order valence-corrected chi connectivity index (χ4v) is 5.90. The van der Waals surface area contributed by atoms with Crippen LogP contribution in [0.1, 0.15) is 0 Å². The molecule has 8 aromatic rings. The van der Waals surface area contributed by atoms with E-state index in [1.807, 2.05) is 34.9 Å². The zero-order valence-corrected chi connectivity index (χ0v) is 20.2. The lowest BCUT2D eigenvalue weighted by atomic mass is 9.61. The van der Waals surface area contributed by atoms with Crippen LogP contribution in [0.15, 0.2) is 77.2 Å². The summed E-state index contributed by atoms with van der Waals surface area (Å²) in [6, 6.07) is 24.9. The van der Waals surface area contributed by atoms with Crippen molar-refractivity contribution in [2.75, 3.05) is 0 Å². The fourth-order valence-electron chi connectivity index (χ4n) is 5.90. The second-order valence-corrected chi connectivity index (χ2v) is 9.80. The first-order chi connectivity index (χ1) is 18.4. The molecule has 0 bridgehead atoms. The van der Waals surface area contributed by atoms with E-state index >= 15 is 0 Å². The molecule has 0 spiro atoms. The van der Waals surface area contributed by atoms with Gasteiger partial charge >= 0.3 is 0 Å². The molecule has 1 N–H and O–H groups in total. The lowest BCUT2D eigenvalue weighted by Crippen LogP contribution is -2.56. The van der Waals surface area contributed by atoms with E-state index < -0.39 is 0 Å². The Morgan fingerprint density at radius 1 is 0.500 bits per heavy atom. The molecule has 164 valence electrons. The molecule has 5 aromatic carbocycles. The summed E-state index contributed by atoms with van der Waals surface area (Å²) in [4.78, 5) is 3.50. The number of hydrogen-bond donors (Lipinski definition) is 1. The first kappa shape index (κ1) is 21.9. The number of hydrogen-bond acceptors (Lipinski definition) is 1. The minimum absolute atomic E-state index is 0.187. The van der Waals surface area contributed by atoms with Gasteiger partial charge in [0.25, 0.3) is 0 Å². The van der Waals surface area contributed by atoms with Crippen LogP contribution in [0.2, 0.25) is 0 Å². The van der Waals surface area contributed by atoms with Crippen LogP contribution < -0.4 is 27.3 Å². The van der Waals surface area contributed by atoms with Gasteiger partial charge in [0.1, 0.15) is 50.4 Å². The average molecular weight is 472 g/mol. The van der Waals surface area contributed by atoms with Crippen LogP contribution in [-0.2, 0) is 0 Å². The van der Waals surface area contributed by atoms with Gasteiger partial charge in [-0.1, -0.05) is 47.3 Å². The van der Waals surface area contributed by atoms with Crippen molar-refractivity contribution in [1.29, 1.82) is 0 Å². The Morgan fingerprint density at radius 2 is 1.11 bits per heavy atom. The second-order valence-electron chi connectivity index (χ2n) is 9.80. The highest BCUT2D eigenvalue weighted by molar-refractivity contribution is 6.68. The Labute approximate surface area is 224 Å². The molecule has 3 nitrogen and oxygen atoms in total. The van der Waals surface area contributed by atoms with E-state index in [0.717, 1.165) is 60.2 Å². The third-order valence-corrected chi connectivity index (χ3v) is 7.78. The highest BCUT2D eigenvalue weighted by Gasteiger charge is 2.20. The predicted octanol–water partition coefficient (Wildman–Crippen LogP) is 2.29. The molecule has 8 heteroatoms. The molecule has 3 heterocycles. The van der Waals surface area contributed by atoms with Crippen LogP contribution in [-0.4, -0.2) is 48.8 Å². The number of furan rings is 1. The van der Waals surface area contributed by atoms with Crippen LogP contribution in [0.5, 0.6) is 0 Å². The maximum atomic E-state index is 6.50. The Kier molecular flexibility index (Phi) is 4.28. The molecule has 0 unspecified atom stereocenters. The number of aromatic nitrogens is 2. The van der Waals surface area contributed by atoms with Gasteiger partial charge in [-0.3, -0.25) is 0 Å². The third-order valence-electron chi connectivity index (χ3n) is 7.78. The molecule has 0 fully saturated rings. The molecular formula is C30H13B5N2O. The summed E-state index contributed by atoms with van der Waals surface area (Å²) in [6.45, 7) is 0. The number of nitrogens with zero attached hydrogens (tertiary/aromatic N) is 1. The van der Waals surface area contributed by atoms with Crippen molar-refractivity contribution in [3.63, 3.8) is 0 Å². The number of rotatable bonds is 1. The largest absolute Gasteiger partial charge is 0.456 e. The molecule has 8 rings (SSSR count). The van der Waals surface area contributed by atoms with Gasteiger partial charge in [-0.05, 0) is 24.3 Å². The molecule has 0 aliphatic carbocycles. The molecule has 0 aliphatic heterocycles. The summed E-state index contributed by atoms with van der Waals surface area (Å²) in [5.74, 6) is 0. The molecule has 0 saturated carbocycles. The Bertz CT molecular complexity index is 2280. The van der Waals surface area contributed by atoms with Crippen LogP contribution in [0.3, 0.4) is 0 Å². The van der Waals surface area contributed by atoms with E-state index in [0.29, 0.717) is 5.69 Å². The van der Waals surface area contributed by atoms with Gasteiger partial charge in [-0.2, -0.15) is 0 Å². The molecule has 0 saturated heterocycles. The van der Waals surface area contributed by atoms with Gasteiger partial charge in [0, 0.05) is 55.7 Å². The minimum atomic E-state index is 0.187. The summed E-state index contributed by atoms with van der Waals surface area (Å²) in [5, 5.41) is 6.49. The number of H-pyrrole nitrogens is 1. The van der Waals surface area contributed by atoms with E-state index in [1.54, 1.807) is 0 Å². The van der Waals surface area contributed by atoms with E-state index in [9.17, 15) is 0 Å². The number of para-hydroxylation sites is 2. The van der Waals surface area contributed by atoms with Crippen LogP contribution >= 0.6 is 0 Å². The Morgan fingerprint density at radius 3 is 1.87 bits per heavy atom. The van der Waals surface area contributed by atoms with Gasteiger partial charge in [0.2, 0.25) is 0 Å². The zero-order chi connectivity index (χ0) is 25.9. The quantitative estimate of drug-likeness (QED) is 0.367. The second kappa shape index (κ2) is 7.44. The molecule has 3 aromatic heterocycles. The molecule has 10 radical (unpaired) electrons. The molecule has 0 amide bonds. The first-order valence-electron chi connectivity index (χ1n) is 12.2. The summed E-state index contributed by atoms with van der Waals surface area (Å²) in [7, 11) is 31.6. The van der Waals surface area contributed by atoms with Crippen molar-refractivity contribution >= 4 is 132 Å². The standard InChI is InChI=1S/C30H13B5N2O/c31-25-26(32)28(34)30(29(35)27(25)33)37-21-8-4-2-6-14(21)16-10-18-17-9-15-13-5-1-3-7-19(13)36-20(15)11-23(17)38-24(18)12-22(16)37/h1-12,36H. The smallest absolute Gasteiger partial charge is 0.137 e. The summed E-state index contributed by atoms with van der Waals surface area (Å²) in [5.41, 5.74) is 7.16. The van der Waals surface area contributed by atoms with Crippen molar-refractivity contribution in [3.8, 4) is 5.69 Å². The Balaban J connectivity index is 1.52. The van der Waals surface area contributed by atoms with E-state index in [4.69, 9.17) is 43.6 Å². The predicted molar refractivity (Wildman–Crippen MR) is 164 cm³/mol. The molecule has 0 aliphatic rings. The van der Waals surface area contributed by atoms with Gasteiger partial charge in [-0.25, -0.2) is 0 Å². The highest BCUT2D eigenvalue weighted by atomic mass is 16.3. The summed E-state index contributed by atoms with van der Waals surface area (Å²) < 4.78 is 8.41. The van der Waals surface area contributed by atoms with E-state index in [-0.39, 0.29) is 27.3 Å². The lowest BCUT2D eigenvalue weighted by molar-refractivity contribution is 0.670. The van der Waals surface area contributed by atoms with Crippen molar-refractivity contribution in [2.45, 2.75) is 0 Å². The van der Waals surface area contributed by atoms with Gasteiger partial charge < -0.3 is 14.0 Å². The molecular weight excluding hydrogens is 458 g/mol. The summed E-state index contributed by atoms with van der Waals surface area (Å²) >= 11 is 0. The number of fused-ring (bicyclic) bond motifs is 9. The van der Waals surface area contributed by atoms with Crippen molar-refractivity contribution < 1.29 is 4.42 Å². The van der Waals surface area contributed by atoms with Crippen LogP contribution in [0.4, 0.5) is 0 Å². The van der Waals surface area contributed by atoms with Crippen molar-refractivity contribution in [2.24, 2.45) is 0 Å². The van der Waals surface area contributed by atoms with Crippen LogP contribution in [0.25, 0.3) is 71.2 Å². The third kappa shape index (κ3) is 2.70. The normalized spacial score (nSPS) is 12.2. The lowest BCUT2D eigenvalue weighted by Gasteiger charge is -2.23. The number of benzene rings is 5. The number of nitrogens with one attached hydrogen (secondary N) is 1. The van der Waals surface area contributed by atoms with E-state index in [2.05, 4.69) is 47.4 Å². The topological polar surface area (TPSA) is 33.9 Å². The summed E-state index contributed by atoms with van der Waals surface area (Å²) in [6.07, 6.45) is 0. The molecule has 38 heavy (non-hydrogen) atoms. The van der Waals surface area contributed by atoms with Crippen molar-refractivity contribution in [1.82, 2.24) is 9.55 Å². The maximum Gasteiger partial charge on any atom is 0.137 e. The highest BCUT2D eigenvalue weighted by Crippen LogP contribution is 2.39.